The molecule has 2 unspecified atom stereocenters. The monoisotopic (exact) mass is 184 g/mol. The number of carbonyl (C=O) groups is 1. The van der Waals surface area contributed by atoms with Crippen LogP contribution in [0.4, 0.5) is 0 Å². The minimum atomic E-state index is -0.760. The summed E-state index contributed by atoms with van der Waals surface area (Å²) in [4.78, 5) is 11.0. The van der Waals surface area contributed by atoms with E-state index in [0.29, 0.717) is 6.61 Å². The lowest BCUT2D eigenvalue weighted by Gasteiger charge is -2.38. The molecule has 0 aromatic heterocycles. The van der Waals surface area contributed by atoms with Crippen LogP contribution >= 0.6 is 0 Å². The minimum absolute atomic E-state index is 0.241. The van der Waals surface area contributed by atoms with Gasteiger partial charge in [-0.2, -0.15) is 0 Å². The smallest absolute Gasteiger partial charge is 0.332 e. The fourth-order valence-electron chi connectivity index (χ4n) is 1.44. The standard InChI is InChI=1S/C10H16O3/c1-4-9(11)13-10(3)8(2)6-5-7-12-10/h4,8H,1,5-7H2,2-3H3. The zero-order chi connectivity index (χ0) is 9.90. The van der Waals surface area contributed by atoms with Crippen molar-refractivity contribution in [3.05, 3.63) is 12.7 Å². The Balaban J connectivity index is 2.61. The van der Waals surface area contributed by atoms with Gasteiger partial charge in [0.1, 0.15) is 0 Å². The van der Waals surface area contributed by atoms with Crippen LogP contribution in [0.5, 0.6) is 0 Å². The normalized spacial score (nSPS) is 33.8. The van der Waals surface area contributed by atoms with Crippen LogP contribution < -0.4 is 0 Å². The number of rotatable bonds is 2. The first-order valence-corrected chi connectivity index (χ1v) is 4.58. The lowest BCUT2D eigenvalue weighted by molar-refractivity contribution is -0.255. The largest absolute Gasteiger partial charge is 0.430 e. The predicted octanol–water partition coefficient (Wildman–Crippen LogP) is 1.88. The molecular weight excluding hydrogens is 168 g/mol. The summed E-state index contributed by atoms with van der Waals surface area (Å²) in [5.41, 5.74) is 0. The van der Waals surface area contributed by atoms with Gasteiger partial charge in [0.2, 0.25) is 5.79 Å². The van der Waals surface area contributed by atoms with Crippen LogP contribution in [0.1, 0.15) is 26.7 Å². The van der Waals surface area contributed by atoms with Crippen molar-refractivity contribution in [3.63, 3.8) is 0 Å². The lowest BCUT2D eigenvalue weighted by Crippen LogP contribution is -2.44. The molecular formula is C10H16O3. The second-order valence-corrected chi connectivity index (χ2v) is 3.53. The van der Waals surface area contributed by atoms with Crippen molar-refractivity contribution in [2.45, 2.75) is 32.5 Å². The van der Waals surface area contributed by atoms with Crippen LogP contribution in [0, 0.1) is 5.92 Å². The molecule has 0 N–H and O–H groups in total. The topological polar surface area (TPSA) is 35.5 Å². The second-order valence-electron chi connectivity index (χ2n) is 3.53. The Morgan fingerprint density at radius 1 is 1.77 bits per heavy atom. The summed E-state index contributed by atoms with van der Waals surface area (Å²) in [6.45, 7) is 7.84. The van der Waals surface area contributed by atoms with E-state index in [1.54, 1.807) is 6.92 Å². The third-order valence-corrected chi connectivity index (χ3v) is 2.54. The van der Waals surface area contributed by atoms with E-state index in [-0.39, 0.29) is 5.92 Å². The molecule has 0 aliphatic carbocycles. The van der Waals surface area contributed by atoms with Gasteiger partial charge >= 0.3 is 5.97 Å². The molecule has 3 nitrogen and oxygen atoms in total. The van der Waals surface area contributed by atoms with Gasteiger partial charge in [-0.05, 0) is 12.8 Å². The van der Waals surface area contributed by atoms with Crippen molar-refractivity contribution in [1.82, 2.24) is 0 Å². The molecule has 0 saturated carbocycles. The third-order valence-electron chi connectivity index (χ3n) is 2.54. The molecule has 1 rings (SSSR count). The Bertz CT molecular complexity index is 212. The number of hydrogen-bond acceptors (Lipinski definition) is 3. The maximum Gasteiger partial charge on any atom is 0.332 e. The summed E-state index contributed by atoms with van der Waals surface area (Å²) in [5.74, 6) is -0.940. The van der Waals surface area contributed by atoms with Gasteiger partial charge in [-0.3, -0.25) is 0 Å². The summed E-state index contributed by atoms with van der Waals surface area (Å²) >= 11 is 0. The van der Waals surface area contributed by atoms with E-state index in [0.717, 1.165) is 18.9 Å². The summed E-state index contributed by atoms with van der Waals surface area (Å²) in [6.07, 6.45) is 3.22. The van der Waals surface area contributed by atoms with Crippen molar-refractivity contribution in [3.8, 4) is 0 Å². The first-order valence-electron chi connectivity index (χ1n) is 4.58. The number of hydrogen-bond donors (Lipinski definition) is 0. The molecule has 0 aromatic carbocycles. The highest BCUT2D eigenvalue weighted by Crippen LogP contribution is 2.31. The van der Waals surface area contributed by atoms with E-state index in [9.17, 15) is 4.79 Å². The number of ether oxygens (including phenoxy) is 2. The van der Waals surface area contributed by atoms with Crippen molar-refractivity contribution < 1.29 is 14.3 Å². The number of carbonyl (C=O) groups excluding carboxylic acids is 1. The van der Waals surface area contributed by atoms with E-state index in [4.69, 9.17) is 9.47 Å². The van der Waals surface area contributed by atoms with Gasteiger partial charge in [-0.1, -0.05) is 13.5 Å². The molecule has 1 aliphatic rings. The fraction of sp³-hybridized carbons (Fsp3) is 0.700. The molecule has 74 valence electrons. The van der Waals surface area contributed by atoms with Gasteiger partial charge in [0.15, 0.2) is 0 Å². The molecule has 1 saturated heterocycles. The van der Waals surface area contributed by atoms with E-state index >= 15 is 0 Å². The molecule has 3 heteroatoms. The second kappa shape index (κ2) is 3.92. The molecule has 0 bridgehead atoms. The van der Waals surface area contributed by atoms with Gasteiger partial charge in [0.05, 0.1) is 6.61 Å². The maximum atomic E-state index is 11.0. The third kappa shape index (κ3) is 2.31. The predicted molar refractivity (Wildman–Crippen MR) is 49.0 cm³/mol. The lowest BCUT2D eigenvalue weighted by atomic mass is 9.94. The Morgan fingerprint density at radius 3 is 3.00 bits per heavy atom. The first kappa shape index (κ1) is 10.3. The Labute approximate surface area is 78.7 Å². The SMILES string of the molecule is C=CC(=O)OC1(C)OCCCC1C. The zero-order valence-electron chi connectivity index (χ0n) is 8.21. The highest BCUT2D eigenvalue weighted by molar-refractivity contribution is 5.81. The average Bonchev–Trinajstić information content (AvgIpc) is 2.10. The molecule has 0 aromatic rings. The van der Waals surface area contributed by atoms with Crippen LogP contribution in [-0.4, -0.2) is 18.4 Å². The molecule has 1 fully saturated rings. The Kier molecular flexibility index (Phi) is 3.09. The number of esters is 1. The summed E-state index contributed by atoms with van der Waals surface area (Å²) in [7, 11) is 0. The fourth-order valence-corrected chi connectivity index (χ4v) is 1.44. The summed E-state index contributed by atoms with van der Waals surface area (Å²) in [5, 5.41) is 0. The Hall–Kier alpha value is -0.830. The van der Waals surface area contributed by atoms with Gasteiger partial charge in [-0.15, -0.1) is 0 Å². The molecule has 0 amide bonds. The maximum absolute atomic E-state index is 11.0. The molecule has 2 atom stereocenters. The van der Waals surface area contributed by atoms with Crippen LogP contribution in [-0.2, 0) is 14.3 Å². The van der Waals surface area contributed by atoms with Gasteiger partial charge in [-0.25, -0.2) is 4.79 Å². The highest BCUT2D eigenvalue weighted by Gasteiger charge is 2.38. The molecule has 0 radical (unpaired) electrons. The van der Waals surface area contributed by atoms with Crippen molar-refractivity contribution in [2.24, 2.45) is 5.92 Å². The van der Waals surface area contributed by atoms with E-state index in [1.165, 1.54) is 0 Å². The first-order chi connectivity index (χ1) is 6.08. The molecule has 13 heavy (non-hydrogen) atoms. The van der Waals surface area contributed by atoms with Gasteiger partial charge < -0.3 is 9.47 Å². The van der Waals surface area contributed by atoms with Crippen LogP contribution in [0.15, 0.2) is 12.7 Å². The summed E-state index contributed by atoms with van der Waals surface area (Å²) < 4.78 is 10.6. The van der Waals surface area contributed by atoms with Gasteiger partial charge in [0.25, 0.3) is 0 Å². The van der Waals surface area contributed by atoms with Crippen LogP contribution in [0.2, 0.25) is 0 Å². The zero-order valence-corrected chi connectivity index (χ0v) is 8.21. The van der Waals surface area contributed by atoms with Crippen LogP contribution in [0.25, 0.3) is 0 Å². The average molecular weight is 184 g/mol. The Morgan fingerprint density at radius 2 is 2.46 bits per heavy atom. The molecule has 0 spiro atoms. The van der Waals surface area contributed by atoms with Crippen molar-refractivity contribution in [1.29, 1.82) is 0 Å². The minimum Gasteiger partial charge on any atom is -0.430 e. The van der Waals surface area contributed by atoms with Crippen molar-refractivity contribution in [2.75, 3.05) is 6.61 Å². The van der Waals surface area contributed by atoms with Crippen molar-refractivity contribution >= 4 is 5.97 Å². The van der Waals surface area contributed by atoms with E-state index in [1.807, 2.05) is 6.92 Å². The molecule has 1 aliphatic heterocycles. The highest BCUT2D eigenvalue weighted by atomic mass is 16.7. The van der Waals surface area contributed by atoms with Crippen LogP contribution in [0.3, 0.4) is 0 Å². The summed E-state index contributed by atoms with van der Waals surface area (Å²) in [6, 6.07) is 0. The quantitative estimate of drug-likeness (QED) is 0.485. The molecule has 1 heterocycles. The van der Waals surface area contributed by atoms with E-state index < -0.39 is 11.8 Å². The van der Waals surface area contributed by atoms with Gasteiger partial charge in [0, 0.05) is 18.9 Å². The van der Waals surface area contributed by atoms with E-state index in [2.05, 4.69) is 6.58 Å².